The summed E-state index contributed by atoms with van der Waals surface area (Å²) in [6.07, 6.45) is 2.30. The number of sulfonamides is 1. The maximum Gasteiger partial charge on any atom is 0.246 e. The minimum Gasteiger partial charge on any atom is -0.360 e. The van der Waals surface area contributed by atoms with Crippen LogP contribution in [0.2, 0.25) is 0 Å². The Balaban J connectivity index is 1.79. The molecule has 0 saturated carbocycles. The monoisotopic (exact) mass is 351 g/mol. The van der Waals surface area contributed by atoms with E-state index in [1.165, 1.54) is 0 Å². The van der Waals surface area contributed by atoms with E-state index in [9.17, 15) is 8.42 Å². The molecule has 8 nitrogen and oxygen atoms in total. The van der Waals surface area contributed by atoms with Crippen molar-refractivity contribution in [1.82, 2.24) is 19.8 Å². The van der Waals surface area contributed by atoms with E-state index in [1.54, 1.807) is 13.8 Å². The van der Waals surface area contributed by atoms with Crippen LogP contribution in [0.3, 0.4) is 0 Å². The SMILES string of the molecule is Cc1cc(N2CCCC2)nc(CNS(=O)(=O)c2c(C)noc2C)n1. The maximum atomic E-state index is 12.5. The van der Waals surface area contributed by atoms with Gasteiger partial charge < -0.3 is 9.42 Å². The third kappa shape index (κ3) is 3.41. The van der Waals surface area contributed by atoms with Crippen LogP contribution < -0.4 is 9.62 Å². The Bertz CT molecular complexity index is 821. The van der Waals surface area contributed by atoms with Crippen molar-refractivity contribution in [3.8, 4) is 0 Å². The number of hydrogen-bond donors (Lipinski definition) is 1. The molecule has 1 fully saturated rings. The first-order valence-electron chi connectivity index (χ1n) is 7.89. The standard InChI is InChI=1S/C15H21N5O3S/c1-10-8-14(20-6-4-5-7-20)18-13(17-10)9-16-24(21,22)15-11(2)19-23-12(15)3/h8,16H,4-7,9H2,1-3H3. The second-order valence-corrected chi connectivity index (χ2v) is 7.66. The molecule has 3 rings (SSSR count). The van der Waals surface area contributed by atoms with Crippen molar-refractivity contribution in [3.63, 3.8) is 0 Å². The Morgan fingerprint density at radius 2 is 1.92 bits per heavy atom. The molecule has 0 aliphatic carbocycles. The number of aromatic nitrogens is 3. The van der Waals surface area contributed by atoms with E-state index in [0.717, 1.165) is 37.4 Å². The molecular formula is C15H21N5O3S. The van der Waals surface area contributed by atoms with E-state index in [0.29, 0.717) is 11.5 Å². The van der Waals surface area contributed by atoms with Gasteiger partial charge in [0.05, 0.1) is 6.54 Å². The number of aryl methyl sites for hydroxylation is 3. The van der Waals surface area contributed by atoms with Gasteiger partial charge in [-0.1, -0.05) is 5.16 Å². The Morgan fingerprint density at radius 1 is 1.21 bits per heavy atom. The van der Waals surface area contributed by atoms with Crippen LogP contribution in [0.15, 0.2) is 15.5 Å². The first-order chi connectivity index (χ1) is 11.4. The van der Waals surface area contributed by atoms with E-state index >= 15 is 0 Å². The first-order valence-corrected chi connectivity index (χ1v) is 9.37. The minimum absolute atomic E-state index is 0.0227. The van der Waals surface area contributed by atoms with Gasteiger partial charge in [-0.2, -0.15) is 0 Å². The van der Waals surface area contributed by atoms with Gasteiger partial charge >= 0.3 is 0 Å². The molecule has 24 heavy (non-hydrogen) atoms. The third-order valence-electron chi connectivity index (χ3n) is 3.97. The van der Waals surface area contributed by atoms with E-state index < -0.39 is 10.0 Å². The fraction of sp³-hybridized carbons (Fsp3) is 0.533. The molecule has 1 N–H and O–H groups in total. The lowest BCUT2D eigenvalue weighted by Crippen LogP contribution is -2.26. The predicted octanol–water partition coefficient (Wildman–Crippen LogP) is 1.47. The molecule has 2 aromatic heterocycles. The number of rotatable bonds is 5. The fourth-order valence-corrected chi connectivity index (χ4v) is 4.19. The number of anilines is 1. The molecule has 0 spiro atoms. The second kappa shape index (κ2) is 6.48. The van der Waals surface area contributed by atoms with Crippen LogP contribution in [0.1, 0.15) is 35.8 Å². The van der Waals surface area contributed by atoms with Gasteiger partial charge in [0.1, 0.15) is 22.2 Å². The molecule has 0 bridgehead atoms. The number of nitrogens with one attached hydrogen (secondary N) is 1. The Hall–Kier alpha value is -2.00. The molecular weight excluding hydrogens is 330 g/mol. The Morgan fingerprint density at radius 3 is 2.54 bits per heavy atom. The zero-order valence-electron chi connectivity index (χ0n) is 14.0. The summed E-state index contributed by atoms with van der Waals surface area (Å²) in [5.74, 6) is 1.57. The number of nitrogens with zero attached hydrogens (tertiary/aromatic N) is 4. The highest BCUT2D eigenvalue weighted by atomic mass is 32.2. The minimum atomic E-state index is -3.72. The van der Waals surface area contributed by atoms with E-state index in [4.69, 9.17) is 4.52 Å². The van der Waals surface area contributed by atoms with Crippen molar-refractivity contribution in [1.29, 1.82) is 0 Å². The summed E-state index contributed by atoms with van der Waals surface area (Å²) >= 11 is 0. The summed E-state index contributed by atoms with van der Waals surface area (Å²) in [5, 5.41) is 3.69. The van der Waals surface area contributed by atoms with E-state index in [1.807, 2.05) is 13.0 Å². The van der Waals surface area contributed by atoms with Crippen LogP contribution in [0.4, 0.5) is 5.82 Å². The highest BCUT2D eigenvalue weighted by molar-refractivity contribution is 7.89. The lowest BCUT2D eigenvalue weighted by Gasteiger charge is -2.17. The average molecular weight is 351 g/mol. The molecule has 1 aliphatic heterocycles. The van der Waals surface area contributed by atoms with Crippen LogP contribution in [-0.2, 0) is 16.6 Å². The van der Waals surface area contributed by atoms with Crippen molar-refractivity contribution >= 4 is 15.8 Å². The van der Waals surface area contributed by atoms with Crippen LogP contribution in [-0.4, -0.2) is 36.6 Å². The molecule has 2 aromatic rings. The normalized spacial score (nSPS) is 15.2. The van der Waals surface area contributed by atoms with Gasteiger partial charge in [0, 0.05) is 24.8 Å². The molecule has 9 heteroatoms. The molecule has 130 valence electrons. The van der Waals surface area contributed by atoms with Crippen LogP contribution in [0, 0.1) is 20.8 Å². The highest BCUT2D eigenvalue weighted by Crippen LogP contribution is 2.20. The van der Waals surface area contributed by atoms with Gasteiger partial charge in [0.15, 0.2) is 5.76 Å². The van der Waals surface area contributed by atoms with Crippen molar-refractivity contribution in [2.75, 3.05) is 18.0 Å². The van der Waals surface area contributed by atoms with Crippen LogP contribution in [0.5, 0.6) is 0 Å². The fourth-order valence-electron chi connectivity index (χ4n) is 2.89. The van der Waals surface area contributed by atoms with Gasteiger partial charge in [-0.05, 0) is 33.6 Å². The van der Waals surface area contributed by atoms with Gasteiger partial charge in [-0.3, -0.25) is 0 Å². The van der Waals surface area contributed by atoms with Gasteiger partial charge in [0.25, 0.3) is 0 Å². The van der Waals surface area contributed by atoms with Crippen molar-refractivity contribution in [3.05, 3.63) is 29.0 Å². The average Bonchev–Trinajstić information content (AvgIpc) is 3.15. The number of hydrogen-bond acceptors (Lipinski definition) is 7. The topological polar surface area (TPSA) is 101 Å². The van der Waals surface area contributed by atoms with Crippen LogP contribution >= 0.6 is 0 Å². The Labute approximate surface area is 141 Å². The Kier molecular flexibility index (Phi) is 4.55. The molecule has 1 aliphatic rings. The van der Waals surface area contributed by atoms with Crippen molar-refractivity contribution in [2.24, 2.45) is 0 Å². The predicted molar refractivity (Wildman–Crippen MR) is 88.2 cm³/mol. The highest BCUT2D eigenvalue weighted by Gasteiger charge is 2.24. The second-order valence-electron chi connectivity index (χ2n) is 5.96. The van der Waals surface area contributed by atoms with Gasteiger partial charge in [-0.15, -0.1) is 0 Å². The lowest BCUT2D eigenvalue weighted by atomic mass is 10.4. The summed E-state index contributed by atoms with van der Waals surface area (Å²) in [5.41, 5.74) is 1.15. The van der Waals surface area contributed by atoms with E-state index in [-0.39, 0.29) is 17.2 Å². The molecule has 0 aromatic carbocycles. The summed E-state index contributed by atoms with van der Waals surface area (Å²) in [6, 6.07) is 1.93. The zero-order chi connectivity index (χ0) is 17.3. The zero-order valence-corrected chi connectivity index (χ0v) is 14.9. The molecule has 0 unspecified atom stereocenters. The molecule has 0 atom stereocenters. The lowest BCUT2D eigenvalue weighted by molar-refractivity contribution is 0.390. The quantitative estimate of drug-likeness (QED) is 0.870. The summed E-state index contributed by atoms with van der Waals surface area (Å²) < 4.78 is 32.4. The van der Waals surface area contributed by atoms with Crippen molar-refractivity contribution in [2.45, 2.75) is 45.1 Å². The van der Waals surface area contributed by atoms with Crippen LogP contribution in [0.25, 0.3) is 0 Å². The summed E-state index contributed by atoms with van der Waals surface area (Å²) in [7, 11) is -3.72. The van der Waals surface area contributed by atoms with Gasteiger partial charge in [0.2, 0.25) is 10.0 Å². The first kappa shape index (κ1) is 16.8. The molecule has 0 amide bonds. The third-order valence-corrected chi connectivity index (χ3v) is 5.62. The molecule has 0 radical (unpaired) electrons. The summed E-state index contributed by atoms with van der Waals surface area (Å²) in [6.45, 7) is 7.02. The molecule has 1 saturated heterocycles. The van der Waals surface area contributed by atoms with Crippen molar-refractivity contribution < 1.29 is 12.9 Å². The maximum absolute atomic E-state index is 12.5. The smallest absolute Gasteiger partial charge is 0.246 e. The largest absolute Gasteiger partial charge is 0.360 e. The van der Waals surface area contributed by atoms with E-state index in [2.05, 4.69) is 24.7 Å². The molecule has 3 heterocycles. The summed E-state index contributed by atoms with van der Waals surface area (Å²) in [4.78, 5) is 11.1. The van der Waals surface area contributed by atoms with Gasteiger partial charge in [-0.25, -0.2) is 23.1 Å².